The van der Waals surface area contributed by atoms with Gasteiger partial charge in [-0.3, -0.25) is 0 Å². The lowest BCUT2D eigenvalue weighted by Gasteiger charge is -2.14. The van der Waals surface area contributed by atoms with Crippen LogP contribution < -0.4 is 0 Å². The molecule has 0 aromatic heterocycles. The number of ether oxygens (including phenoxy) is 1. The Morgan fingerprint density at radius 1 is 1.07 bits per heavy atom. The van der Waals surface area contributed by atoms with E-state index in [9.17, 15) is 0 Å². The predicted molar refractivity (Wildman–Crippen MR) is 66.7 cm³/mol. The van der Waals surface area contributed by atoms with Gasteiger partial charge in [-0.15, -0.1) is 0 Å². The second kappa shape index (κ2) is 5.04. The predicted octanol–water partition coefficient (Wildman–Crippen LogP) is 2.82. The van der Waals surface area contributed by atoms with Gasteiger partial charge in [0, 0.05) is 10.9 Å². The van der Waals surface area contributed by atoms with Gasteiger partial charge in [-0.05, 0) is 23.6 Å². The molecule has 1 aliphatic heterocycles. The molecule has 1 aliphatic rings. The summed E-state index contributed by atoms with van der Waals surface area (Å²) >= 11 is 0. The van der Waals surface area contributed by atoms with Crippen molar-refractivity contribution < 1.29 is 4.74 Å². The van der Waals surface area contributed by atoms with Crippen molar-refractivity contribution in [2.45, 2.75) is 24.7 Å². The minimum atomic E-state index is 0.445. The van der Waals surface area contributed by atoms with Crippen LogP contribution in [0.25, 0.3) is 0 Å². The number of rotatable bonds is 2. The van der Waals surface area contributed by atoms with Gasteiger partial charge in [0.25, 0.3) is 0 Å². The highest BCUT2D eigenvalue weighted by molar-refractivity contribution is 7.97. The molecule has 1 nitrogen and oxygen atoms in total. The molecule has 2 heteroatoms. The lowest BCUT2D eigenvalue weighted by atomic mass is 10.0. The van der Waals surface area contributed by atoms with E-state index in [2.05, 4.69) is 38.1 Å². The average molecular weight is 223 g/mol. The molecule has 1 fully saturated rings. The van der Waals surface area contributed by atoms with Crippen molar-refractivity contribution in [1.29, 1.82) is 0 Å². The SMILES string of the molecule is CC(C)c1ccc([S+]2CCOCC2)cc1. The Balaban J connectivity index is 2.08. The van der Waals surface area contributed by atoms with Crippen molar-refractivity contribution in [3.63, 3.8) is 0 Å². The van der Waals surface area contributed by atoms with E-state index in [0.717, 1.165) is 13.2 Å². The molecule has 0 bridgehead atoms. The van der Waals surface area contributed by atoms with E-state index >= 15 is 0 Å². The second-order valence-corrected chi connectivity index (χ2v) is 6.51. The molecule has 1 heterocycles. The second-order valence-electron chi connectivity index (χ2n) is 4.24. The molecule has 0 N–H and O–H groups in total. The van der Waals surface area contributed by atoms with Gasteiger partial charge in [-0.25, -0.2) is 0 Å². The minimum absolute atomic E-state index is 0.445. The van der Waals surface area contributed by atoms with E-state index in [0.29, 0.717) is 16.8 Å². The van der Waals surface area contributed by atoms with Gasteiger partial charge < -0.3 is 4.74 Å². The summed E-state index contributed by atoms with van der Waals surface area (Å²) in [6.45, 7) is 6.36. The van der Waals surface area contributed by atoms with Gasteiger partial charge in [-0.1, -0.05) is 26.0 Å². The topological polar surface area (TPSA) is 9.23 Å². The Morgan fingerprint density at radius 3 is 2.20 bits per heavy atom. The van der Waals surface area contributed by atoms with Gasteiger partial charge in [0.15, 0.2) is 4.90 Å². The molecule has 0 amide bonds. The molecule has 0 aliphatic carbocycles. The molecule has 0 spiro atoms. The first kappa shape index (κ1) is 11.0. The Hall–Kier alpha value is -0.470. The Bertz CT molecular complexity index is 299. The van der Waals surface area contributed by atoms with Crippen LogP contribution in [0.5, 0.6) is 0 Å². The monoisotopic (exact) mass is 223 g/mol. The van der Waals surface area contributed by atoms with E-state index in [1.165, 1.54) is 22.0 Å². The van der Waals surface area contributed by atoms with Gasteiger partial charge in [0.1, 0.15) is 11.5 Å². The fourth-order valence-corrected chi connectivity index (χ4v) is 3.64. The maximum absolute atomic E-state index is 5.39. The Labute approximate surface area is 95.2 Å². The number of hydrogen-bond acceptors (Lipinski definition) is 1. The van der Waals surface area contributed by atoms with Crippen molar-refractivity contribution in [1.82, 2.24) is 0 Å². The Morgan fingerprint density at radius 2 is 1.67 bits per heavy atom. The largest absolute Gasteiger partial charge is 0.372 e. The zero-order chi connectivity index (χ0) is 10.7. The van der Waals surface area contributed by atoms with Crippen molar-refractivity contribution in [3.05, 3.63) is 29.8 Å². The molecule has 82 valence electrons. The number of hydrogen-bond donors (Lipinski definition) is 0. The van der Waals surface area contributed by atoms with E-state index in [-0.39, 0.29) is 0 Å². The lowest BCUT2D eigenvalue weighted by molar-refractivity contribution is 0.159. The van der Waals surface area contributed by atoms with Crippen molar-refractivity contribution in [2.24, 2.45) is 0 Å². The molecular formula is C13H19OS+. The van der Waals surface area contributed by atoms with Crippen LogP contribution in [0.4, 0.5) is 0 Å². The molecule has 15 heavy (non-hydrogen) atoms. The van der Waals surface area contributed by atoms with E-state index in [4.69, 9.17) is 4.74 Å². The van der Waals surface area contributed by atoms with Crippen LogP contribution in [0.3, 0.4) is 0 Å². The van der Waals surface area contributed by atoms with Gasteiger partial charge >= 0.3 is 0 Å². The average Bonchev–Trinajstić information content (AvgIpc) is 2.30. The highest BCUT2D eigenvalue weighted by Gasteiger charge is 2.24. The smallest absolute Gasteiger partial charge is 0.155 e. The molecule has 2 rings (SSSR count). The molecule has 0 atom stereocenters. The first-order valence-corrected chi connectivity index (χ1v) is 7.19. The molecule has 0 radical (unpaired) electrons. The van der Waals surface area contributed by atoms with Gasteiger partial charge in [-0.2, -0.15) is 0 Å². The summed E-state index contributed by atoms with van der Waals surface area (Å²) in [6, 6.07) is 9.18. The normalized spacial score (nSPS) is 18.3. The quantitative estimate of drug-likeness (QED) is 0.701. The minimum Gasteiger partial charge on any atom is -0.372 e. The summed E-state index contributed by atoms with van der Waals surface area (Å²) in [5, 5.41) is 0. The van der Waals surface area contributed by atoms with Crippen LogP contribution in [0.2, 0.25) is 0 Å². The maximum Gasteiger partial charge on any atom is 0.155 e. The summed E-state index contributed by atoms with van der Waals surface area (Å²) in [6.07, 6.45) is 0. The van der Waals surface area contributed by atoms with Crippen LogP contribution in [0.1, 0.15) is 25.3 Å². The zero-order valence-electron chi connectivity index (χ0n) is 9.53. The summed E-state index contributed by atoms with van der Waals surface area (Å²) < 4.78 is 5.39. The van der Waals surface area contributed by atoms with E-state index in [1.807, 2.05) is 0 Å². The summed E-state index contributed by atoms with van der Waals surface area (Å²) in [7, 11) is 0.445. The van der Waals surface area contributed by atoms with Crippen LogP contribution >= 0.6 is 0 Å². The molecule has 1 saturated heterocycles. The van der Waals surface area contributed by atoms with Gasteiger partial charge in [0.05, 0.1) is 13.2 Å². The standard InChI is InChI=1S/C13H19OS/c1-11(2)12-3-5-13(6-4-12)15-9-7-14-8-10-15/h3-6,11H,7-10H2,1-2H3/q+1. The molecular weight excluding hydrogens is 204 g/mol. The van der Waals surface area contributed by atoms with Crippen LogP contribution in [-0.4, -0.2) is 24.7 Å². The van der Waals surface area contributed by atoms with Crippen LogP contribution in [-0.2, 0) is 15.6 Å². The molecule has 0 unspecified atom stereocenters. The highest BCUT2D eigenvalue weighted by atomic mass is 32.2. The van der Waals surface area contributed by atoms with Crippen molar-refractivity contribution >= 4 is 10.9 Å². The summed E-state index contributed by atoms with van der Waals surface area (Å²) in [4.78, 5) is 1.52. The third-order valence-corrected chi connectivity index (χ3v) is 5.09. The first-order valence-electron chi connectivity index (χ1n) is 5.62. The Kier molecular flexibility index (Phi) is 3.71. The zero-order valence-corrected chi connectivity index (χ0v) is 10.3. The maximum atomic E-state index is 5.39. The highest BCUT2D eigenvalue weighted by Crippen LogP contribution is 2.20. The van der Waals surface area contributed by atoms with E-state index in [1.54, 1.807) is 0 Å². The van der Waals surface area contributed by atoms with Crippen LogP contribution in [0, 0.1) is 0 Å². The van der Waals surface area contributed by atoms with Crippen molar-refractivity contribution in [2.75, 3.05) is 24.7 Å². The van der Waals surface area contributed by atoms with E-state index < -0.39 is 0 Å². The van der Waals surface area contributed by atoms with Crippen LogP contribution in [0.15, 0.2) is 29.2 Å². The fraction of sp³-hybridized carbons (Fsp3) is 0.538. The van der Waals surface area contributed by atoms with Crippen molar-refractivity contribution in [3.8, 4) is 0 Å². The molecule has 1 aromatic carbocycles. The first-order chi connectivity index (χ1) is 7.27. The molecule has 0 saturated carbocycles. The number of benzene rings is 1. The fourth-order valence-electron chi connectivity index (χ4n) is 1.80. The third kappa shape index (κ3) is 2.76. The molecule has 1 aromatic rings. The van der Waals surface area contributed by atoms with Gasteiger partial charge in [0.2, 0.25) is 0 Å². The lowest BCUT2D eigenvalue weighted by Crippen LogP contribution is -2.26. The third-order valence-electron chi connectivity index (χ3n) is 2.83. The summed E-state index contributed by atoms with van der Waals surface area (Å²) in [5.74, 6) is 3.05. The summed E-state index contributed by atoms with van der Waals surface area (Å²) in [5.41, 5.74) is 1.44.